The number of anilines is 1. The molecule has 94 valence electrons. The van der Waals surface area contributed by atoms with E-state index in [0.717, 1.165) is 5.75 Å². The molecule has 1 atom stereocenters. The van der Waals surface area contributed by atoms with Crippen molar-refractivity contribution in [1.29, 1.82) is 0 Å². The van der Waals surface area contributed by atoms with Crippen molar-refractivity contribution in [3.05, 3.63) is 24.3 Å². The molecule has 0 bridgehead atoms. The van der Waals surface area contributed by atoms with Crippen LogP contribution in [0.5, 0.6) is 5.75 Å². The molecule has 1 unspecified atom stereocenters. The Morgan fingerprint density at radius 1 is 1.35 bits per heavy atom. The molecule has 1 aromatic carbocycles. The van der Waals surface area contributed by atoms with Gasteiger partial charge in [0, 0.05) is 17.8 Å². The number of rotatable bonds is 3. The lowest BCUT2D eigenvalue weighted by atomic mass is 9.75. The Labute approximate surface area is 104 Å². The molecule has 0 radical (unpaired) electrons. The molecular weight excluding hydrogens is 210 g/mol. The Morgan fingerprint density at radius 3 is 2.88 bits per heavy atom. The second-order valence-corrected chi connectivity index (χ2v) is 5.83. The van der Waals surface area contributed by atoms with E-state index >= 15 is 0 Å². The van der Waals surface area contributed by atoms with E-state index in [0.29, 0.717) is 11.5 Å². The maximum absolute atomic E-state index is 5.24. The van der Waals surface area contributed by atoms with Crippen LogP contribution in [-0.2, 0) is 0 Å². The summed E-state index contributed by atoms with van der Waals surface area (Å²) >= 11 is 0. The smallest absolute Gasteiger partial charge is 0.120 e. The number of hydrogen-bond donors (Lipinski definition) is 1. The number of hydrogen-bond acceptors (Lipinski definition) is 2. The van der Waals surface area contributed by atoms with Gasteiger partial charge in [-0.2, -0.15) is 0 Å². The lowest BCUT2D eigenvalue weighted by Crippen LogP contribution is -2.31. The lowest BCUT2D eigenvalue weighted by Gasteiger charge is -2.36. The van der Waals surface area contributed by atoms with Crippen molar-refractivity contribution < 1.29 is 4.74 Å². The van der Waals surface area contributed by atoms with Gasteiger partial charge in [-0.15, -0.1) is 0 Å². The molecule has 1 aromatic rings. The van der Waals surface area contributed by atoms with Gasteiger partial charge in [0.25, 0.3) is 0 Å². The van der Waals surface area contributed by atoms with Crippen LogP contribution in [0.15, 0.2) is 24.3 Å². The molecule has 0 saturated heterocycles. The van der Waals surface area contributed by atoms with Gasteiger partial charge in [0.15, 0.2) is 0 Å². The SMILES string of the molecule is COc1cccc(NC2CCCC(C)(C)C2)c1. The molecule has 17 heavy (non-hydrogen) atoms. The van der Waals surface area contributed by atoms with E-state index in [1.165, 1.54) is 31.4 Å². The third kappa shape index (κ3) is 3.39. The third-order valence-corrected chi connectivity index (χ3v) is 3.65. The molecule has 0 heterocycles. The largest absolute Gasteiger partial charge is 0.497 e. The average Bonchev–Trinajstić information content (AvgIpc) is 2.28. The molecule has 1 N–H and O–H groups in total. The third-order valence-electron chi connectivity index (χ3n) is 3.65. The zero-order valence-corrected chi connectivity index (χ0v) is 11.1. The molecule has 0 aromatic heterocycles. The Balaban J connectivity index is 2.00. The molecule has 1 aliphatic rings. The average molecular weight is 233 g/mol. The summed E-state index contributed by atoms with van der Waals surface area (Å²) in [6.07, 6.45) is 5.21. The van der Waals surface area contributed by atoms with Gasteiger partial charge < -0.3 is 10.1 Å². The minimum Gasteiger partial charge on any atom is -0.497 e. The predicted octanol–water partition coefficient (Wildman–Crippen LogP) is 4.08. The monoisotopic (exact) mass is 233 g/mol. The lowest BCUT2D eigenvalue weighted by molar-refractivity contribution is 0.229. The number of benzene rings is 1. The second kappa shape index (κ2) is 4.99. The molecule has 2 nitrogen and oxygen atoms in total. The molecule has 1 saturated carbocycles. The number of methoxy groups -OCH3 is 1. The van der Waals surface area contributed by atoms with Crippen molar-refractivity contribution in [3.8, 4) is 5.75 Å². The molecule has 0 spiro atoms. The van der Waals surface area contributed by atoms with Crippen molar-refractivity contribution in [2.24, 2.45) is 5.41 Å². The first kappa shape index (κ1) is 12.3. The molecule has 0 amide bonds. The summed E-state index contributed by atoms with van der Waals surface area (Å²) in [6.45, 7) is 4.73. The fraction of sp³-hybridized carbons (Fsp3) is 0.600. The van der Waals surface area contributed by atoms with Crippen LogP contribution >= 0.6 is 0 Å². The summed E-state index contributed by atoms with van der Waals surface area (Å²) < 4.78 is 5.24. The molecule has 1 fully saturated rings. The molecule has 2 rings (SSSR count). The van der Waals surface area contributed by atoms with Gasteiger partial charge >= 0.3 is 0 Å². The van der Waals surface area contributed by atoms with Crippen molar-refractivity contribution in [2.45, 2.75) is 45.6 Å². The summed E-state index contributed by atoms with van der Waals surface area (Å²) in [6, 6.07) is 8.81. The van der Waals surface area contributed by atoms with Gasteiger partial charge in [-0.25, -0.2) is 0 Å². The van der Waals surface area contributed by atoms with Crippen molar-refractivity contribution >= 4 is 5.69 Å². The van der Waals surface area contributed by atoms with Crippen LogP contribution in [0.1, 0.15) is 39.5 Å². The summed E-state index contributed by atoms with van der Waals surface area (Å²) in [4.78, 5) is 0. The summed E-state index contributed by atoms with van der Waals surface area (Å²) in [5, 5.41) is 3.63. The van der Waals surface area contributed by atoms with E-state index in [1.54, 1.807) is 7.11 Å². The minimum atomic E-state index is 0.481. The van der Waals surface area contributed by atoms with Crippen LogP contribution in [0.4, 0.5) is 5.69 Å². The maximum atomic E-state index is 5.24. The fourth-order valence-corrected chi connectivity index (χ4v) is 2.77. The van der Waals surface area contributed by atoms with Crippen molar-refractivity contribution in [1.82, 2.24) is 0 Å². The highest BCUT2D eigenvalue weighted by molar-refractivity contribution is 5.48. The minimum absolute atomic E-state index is 0.481. The first-order valence-corrected chi connectivity index (χ1v) is 6.50. The number of nitrogens with one attached hydrogen (secondary N) is 1. The van der Waals surface area contributed by atoms with Crippen molar-refractivity contribution in [3.63, 3.8) is 0 Å². The van der Waals surface area contributed by atoms with Crippen molar-refractivity contribution in [2.75, 3.05) is 12.4 Å². The van der Waals surface area contributed by atoms with E-state index in [-0.39, 0.29) is 0 Å². The summed E-state index contributed by atoms with van der Waals surface area (Å²) in [7, 11) is 1.71. The summed E-state index contributed by atoms with van der Waals surface area (Å²) in [5.74, 6) is 0.921. The van der Waals surface area contributed by atoms with Gasteiger partial charge in [0.05, 0.1) is 7.11 Å². The number of ether oxygens (including phenoxy) is 1. The predicted molar refractivity (Wildman–Crippen MR) is 72.7 cm³/mol. The van der Waals surface area contributed by atoms with E-state index in [9.17, 15) is 0 Å². The molecule has 0 aliphatic heterocycles. The van der Waals surface area contributed by atoms with Gasteiger partial charge in [0.1, 0.15) is 5.75 Å². The Morgan fingerprint density at radius 2 is 2.18 bits per heavy atom. The first-order valence-electron chi connectivity index (χ1n) is 6.50. The van der Waals surface area contributed by atoms with Gasteiger partial charge in [0.2, 0.25) is 0 Å². The highest BCUT2D eigenvalue weighted by Crippen LogP contribution is 2.36. The maximum Gasteiger partial charge on any atom is 0.120 e. The van der Waals surface area contributed by atoms with Crippen LogP contribution in [0, 0.1) is 5.41 Å². The topological polar surface area (TPSA) is 21.3 Å². The molecular formula is C15H23NO. The molecule has 2 heteroatoms. The van der Waals surface area contributed by atoms with E-state index in [4.69, 9.17) is 4.74 Å². The van der Waals surface area contributed by atoms with E-state index in [2.05, 4.69) is 31.3 Å². The zero-order valence-electron chi connectivity index (χ0n) is 11.1. The Kier molecular flexibility index (Phi) is 3.60. The van der Waals surface area contributed by atoms with Crippen LogP contribution in [0.25, 0.3) is 0 Å². The normalized spacial score (nSPS) is 23.1. The van der Waals surface area contributed by atoms with Crippen LogP contribution < -0.4 is 10.1 Å². The second-order valence-electron chi connectivity index (χ2n) is 5.83. The van der Waals surface area contributed by atoms with Crippen LogP contribution in [0.2, 0.25) is 0 Å². The molecule has 1 aliphatic carbocycles. The summed E-state index contributed by atoms with van der Waals surface area (Å²) in [5.41, 5.74) is 1.65. The van der Waals surface area contributed by atoms with Gasteiger partial charge in [-0.1, -0.05) is 26.3 Å². The van der Waals surface area contributed by atoms with E-state index < -0.39 is 0 Å². The standard InChI is InChI=1S/C15H23NO/c1-15(2)9-5-7-13(11-15)16-12-6-4-8-14(10-12)17-3/h4,6,8,10,13,16H,5,7,9,11H2,1-3H3. The fourth-order valence-electron chi connectivity index (χ4n) is 2.77. The highest BCUT2D eigenvalue weighted by atomic mass is 16.5. The Bertz CT molecular complexity index is 373. The highest BCUT2D eigenvalue weighted by Gasteiger charge is 2.27. The first-order chi connectivity index (χ1) is 8.09. The van der Waals surface area contributed by atoms with E-state index in [1.807, 2.05) is 12.1 Å². The zero-order chi connectivity index (χ0) is 12.3. The van der Waals surface area contributed by atoms with Crippen LogP contribution in [-0.4, -0.2) is 13.2 Å². The Hall–Kier alpha value is -1.18. The van der Waals surface area contributed by atoms with Crippen LogP contribution in [0.3, 0.4) is 0 Å². The quantitative estimate of drug-likeness (QED) is 0.849. The van der Waals surface area contributed by atoms with Gasteiger partial charge in [-0.3, -0.25) is 0 Å². The van der Waals surface area contributed by atoms with Gasteiger partial charge in [-0.05, 0) is 36.8 Å².